The van der Waals surface area contributed by atoms with Crippen LogP contribution in [0.3, 0.4) is 0 Å². The van der Waals surface area contributed by atoms with Gasteiger partial charge in [0, 0.05) is 120 Å². The molecule has 0 bridgehead atoms. The number of carbonyl (C=O) groups excluding carboxylic acids is 8. The van der Waals surface area contributed by atoms with E-state index in [4.69, 9.17) is 0 Å². The van der Waals surface area contributed by atoms with Crippen LogP contribution < -0.4 is 10.6 Å². The predicted molar refractivity (Wildman–Crippen MR) is 578 cm³/mol. The van der Waals surface area contributed by atoms with Gasteiger partial charge in [0.25, 0.3) is 11.8 Å². The molecule has 0 spiro atoms. The normalized spacial score (nSPS) is 14.3. The number of aromatic hydroxyl groups is 6. The molecule has 5 fully saturated rings. The molecule has 5 aliphatic rings. The van der Waals surface area contributed by atoms with Gasteiger partial charge in [-0.3, -0.25) is 48.2 Å². The Hall–Kier alpha value is -14.1. The topological polar surface area (TPSA) is 298 Å². The molecule has 0 aromatic heterocycles. The number of hydrogen-bond donors (Lipinski definition) is 8. The second-order valence-corrected chi connectivity index (χ2v) is 36.6. The van der Waals surface area contributed by atoms with Crippen molar-refractivity contribution in [2.45, 2.75) is 229 Å². The number of imide groups is 2. The molecule has 0 aliphatic carbocycles. The lowest BCUT2D eigenvalue weighted by Crippen LogP contribution is -2.39. The third-order valence-electron chi connectivity index (χ3n) is 24.7. The standard InChI is InChI=1S/C24H41N.C20H23NO2.C19H21NO2.C15H17NO3.C15H19NO2.C14H15NO3.C14H17NO2/c1-3-4-5-6-7-8-9-10-11-12-13-14-15-16-18-21-24(2)25-22-19-17-20-23-25;1-15-5-7-17(8-6-15)4-3-13-21-20(23)12-10-18-9-11-19(22)16(2)14-18;1-14-3-5-16(6-4-14)11-12-20-19(22)10-8-17-7-9-18(21)15(2)13-17;1-11-10-12(5-7-13(11)17)6-8-15(19)16-9-3-2-4-14(16)18;1-12-11-13(5-7-14(12)17)6-8-15(18)16-9-3-2-4-10-16;1-10-9-11(4-6-12(10)16)5-7-14(18)15-8-2-3-13(15)17;1-11-10-12(4-6-13(11)16)5-7-14(17)15-8-2-3-9-15/h4-5,7-8,10-11H,2-3,6,9,12-23H2,1H3;5-12,14,22H,3-4,13H2,1-2H3,(H,21,23);3-10,13,21H,11-12H2,1-2H3,(H,20,22);5-8,10,17H,2-4,9H2,1H3;5-8,11,17H,2-4,9-10H2,1H3;4-7,9,16H,2-3,8H2,1H3;4-7,10,16H,2-3,8-9H2,1H3/b;12-10+;10-8+;2*8-6+;2*7-5+. The van der Waals surface area contributed by atoms with Crippen LogP contribution in [0.25, 0.3) is 36.5 Å². The van der Waals surface area contributed by atoms with Crippen molar-refractivity contribution >= 4 is 83.7 Å². The summed E-state index contributed by atoms with van der Waals surface area (Å²) in [6, 6.07) is 48.1. The van der Waals surface area contributed by atoms with Crippen molar-refractivity contribution in [1.29, 1.82) is 0 Å². The van der Waals surface area contributed by atoms with Gasteiger partial charge in [-0.15, -0.1) is 0 Å². The maximum absolute atomic E-state index is 11.9. The number of allylic oxidation sites excluding steroid dienone is 7. The Labute approximate surface area is 844 Å². The zero-order valence-electron chi connectivity index (χ0n) is 85.3. The van der Waals surface area contributed by atoms with Crippen LogP contribution in [0, 0.1) is 55.4 Å². The molecular weight excluding hydrogens is 1780 g/mol. The van der Waals surface area contributed by atoms with Crippen LogP contribution in [0.5, 0.6) is 34.5 Å². The Bertz CT molecular complexity index is 5640. The number of benzene rings is 8. The molecule has 5 aliphatic heterocycles. The quantitative estimate of drug-likeness (QED) is 0.0108. The highest BCUT2D eigenvalue weighted by molar-refractivity contribution is 6.04. The zero-order chi connectivity index (χ0) is 103. The molecule has 8 aromatic rings. The van der Waals surface area contributed by atoms with Crippen LogP contribution in [-0.2, 0) is 51.2 Å². The summed E-state index contributed by atoms with van der Waals surface area (Å²) < 4.78 is 0. The molecule has 13 rings (SSSR count). The van der Waals surface area contributed by atoms with Crippen molar-refractivity contribution in [1.82, 2.24) is 35.1 Å². The fraction of sp³-hybridized carbons (Fsp3) is 0.372. The number of hydrogen-bond acceptors (Lipinski definition) is 15. The SMILES string of the molecule is C=C(CCCCCCCC=CCC=CCC=CCC)N1CCCCC1.Cc1cc(/C=C/C(=O)N2CCCC2)ccc1O.Cc1cc(/C=C/C(=O)N2CCCC2=O)ccc1O.Cc1cc(/C=C/C(=O)N2CCCCC2)ccc1O.Cc1cc(/C=C/C(=O)N2CCCCC2=O)ccc1O.Cc1ccc(CCCNC(=O)/C=C/c2ccc(O)c(C)c2)cc1.Cc1ccc(CCNC(=O)/C=C/c2ccc(O)c(C)c2)cc1. The second-order valence-electron chi connectivity index (χ2n) is 36.6. The molecule has 21 heteroatoms. The molecule has 0 unspecified atom stereocenters. The number of likely N-dealkylation sites (tertiary alicyclic amines) is 5. The highest BCUT2D eigenvalue weighted by atomic mass is 16.3. The molecule has 0 saturated carbocycles. The average Bonchev–Trinajstić information content (AvgIpc) is 1.67. The summed E-state index contributed by atoms with van der Waals surface area (Å²) in [5.41, 5.74) is 16.4. The first-order chi connectivity index (χ1) is 68.4. The van der Waals surface area contributed by atoms with Crippen LogP contribution in [0.2, 0.25) is 0 Å². The largest absolute Gasteiger partial charge is 0.508 e. The van der Waals surface area contributed by atoms with E-state index in [1.165, 1.54) is 146 Å². The van der Waals surface area contributed by atoms with Gasteiger partial charge in [-0.05, 0) is 377 Å². The third-order valence-corrected chi connectivity index (χ3v) is 24.7. The van der Waals surface area contributed by atoms with Crippen LogP contribution in [0.4, 0.5) is 0 Å². The van der Waals surface area contributed by atoms with E-state index in [1.54, 1.807) is 135 Å². The number of unbranched alkanes of at least 4 members (excludes halogenated alkanes) is 5. The Morgan fingerprint density at radius 1 is 0.317 bits per heavy atom. The lowest BCUT2D eigenvalue weighted by atomic mass is 10.1. The molecule has 142 heavy (non-hydrogen) atoms. The summed E-state index contributed by atoms with van der Waals surface area (Å²) in [6.45, 7) is 29.8. The molecule has 0 atom stereocenters. The maximum Gasteiger partial charge on any atom is 0.253 e. The molecule has 21 nitrogen and oxygen atoms in total. The van der Waals surface area contributed by atoms with Gasteiger partial charge in [0.2, 0.25) is 35.4 Å². The number of phenolic OH excluding ortho intramolecular Hbond substituents is 6. The molecule has 8 amide bonds. The molecule has 5 saturated heterocycles. The molecular formula is C121H153N7O14. The molecule has 8 aromatic carbocycles. The van der Waals surface area contributed by atoms with E-state index in [0.29, 0.717) is 39.0 Å². The minimum atomic E-state index is -0.275. The van der Waals surface area contributed by atoms with E-state index in [-0.39, 0.29) is 81.8 Å². The smallest absolute Gasteiger partial charge is 0.253 e. The number of carbonyl (C=O) groups is 8. The van der Waals surface area contributed by atoms with Gasteiger partial charge in [0.05, 0.1) is 0 Å². The number of piperidine rings is 3. The molecule has 756 valence electrons. The van der Waals surface area contributed by atoms with Crippen molar-refractivity contribution in [3.63, 3.8) is 0 Å². The van der Waals surface area contributed by atoms with E-state index in [1.807, 2.05) is 73.9 Å². The maximum atomic E-state index is 11.9. The number of nitrogens with one attached hydrogen (secondary N) is 2. The zero-order valence-corrected chi connectivity index (χ0v) is 85.3. The van der Waals surface area contributed by atoms with E-state index in [9.17, 15) is 69.0 Å². The number of rotatable bonds is 33. The van der Waals surface area contributed by atoms with Crippen molar-refractivity contribution < 1.29 is 69.0 Å². The van der Waals surface area contributed by atoms with Gasteiger partial charge in [-0.25, -0.2) is 0 Å². The van der Waals surface area contributed by atoms with Crippen LogP contribution in [0.1, 0.15) is 250 Å². The van der Waals surface area contributed by atoms with E-state index >= 15 is 0 Å². The fourth-order valence-electron chi connectivity index (χ4n) is 15.8. The van der Waals surface area contributed by atoms with Crippen molar-refractivity contribution in [3.8, 4) is 34.5 Å². The Morgan fingerprint density at radius 3 is 0.993 bits per heavy atom. The first-order valence-corrected chi connectivity index (χ1v) is 50.6. The summed E-state index contributed by atoms with van der Waals surface area (Å²) in [4.78, 5) is 103. The summed E-state index contributed by atoms with van der Waals surface area (Å²) in [5, 5.41) is 62.3. The minimum Gasteiger partial charge on any atom is -0.508 e. The summed E-state index contributed by atoms with van der Waals surface area (Å²) in [7, 11) is 0. The first kappa shape index (κ1) is 115. The second kappa shape index (κ2) is 65.0. The Balaban J connectivity index is 0.000000226. The molecule has 5 heterocycles. The van der Waals surface area contributed by atoms with E-state index < -0.39 is 0 Å². The summed E-state index contributed by atoms with van der Waals surface area (Å²) in [6.07, 6.45) is 61.6. The highest BCUT2D eigenvalue weighted by Gasteiger charge is 2.26. The summed E-state index contributed by atoms with van der Waals surface area (Å²) >= 11 is 0. The fourth-order valence-corrected chi connectivity index (χ4v) is 15.8. The summed E-state index contributed by atoms with van der Waals surface area (Å²) in [5.74, 6) is 0.770. The van der Waals surface area contributed by atoms with Gasteiger partial charge in [0.15, 0.2) is 0 Å². The van der Waals surface area contributed by atoms with Crippen molar-refractivity contribution in [2.24, 2.45) is 0 Å². The van der Waals surface area contributed by atoms with Gasteiger partial charge in [-0.1, -0.05) is 165 Å². The van der Waals surface area contributed by atoms with Crippen LogP contribution >= 0.6 is 0 Å². The van der Waals surface area contributed by atoms with Gasteiger partial charge >= 0.3 is 0 Å². The Kier molecular flexibility index (Phi) is 52.6. The number of amides is 8. The van der Waals surface area contributed by atoms with Crippen molar-refractivity contribution in [2.75, 3.05) is 65.4 Å². The highest BCUT2D eigenvalue weighted by Crippen LogP contribution is 2.27. The van der Waals surface area contributed by atoms with Gasteiger partial charge in [0.1, 0.15) is 34.5 Å². The monoisotopic (exact) mass is 1930 g/mol. The Morgan fingerprint density at radius 2 is 0.627 bits per heavy atom. The molecule has 0 radical (unpaired) electrons. The lowest BCUT2D eigenvalue weighted by molar-refractivity contribution is -0.144. The van der Waals surface area contributed by atoms with Gasteiger partial charge < -0.3 is 56.0 Å². The average molecular weight is 1930 g/mol. The van der Waals surface area contributed by atoms with Crippen LogP contribution in [-0.4, -0.2) is 168 Å². The lowest BCUT2D eigenvalue weighted by Gasteiger charge is -2.30. The predicted octanol–water partition coefficient (Wildman–Crippen LogP) is 23.9. The van der Waals surface area contributed by atoms with Crippen LogP contribution in [0.15, 0.2) is 243 Å². The first-order valence-electron chi connectivity index (χ1n) is 50.6. The molecule has 8 N–H and O–H groups in total. The number of nitrogens with zero attached hydrogens (tertiary/aromatic N) is 5. The number of aryl methyl sites for hydroxylation is 9. The minimum absolute atomic E-state index is 0.0771. The number of phenols is 6. The van der Waals surface area contributed by atoms with Gasteiger partial charge in [-0.2, -0.15) is 0 Å². The van der Waals surface area contributed by atoms with Crippen molar-refractivity contribution in [3.05, 3.63) is 332 Å². The third kappa shape index (κ3) is 45.5. The van der Waals surface area contributed by atoms with E-state index in [2.05, 4.69) is 128 Å². The van der Waals surface area contributed by atoms with E-state index in [0.717, 1.165) is 176 Å².